The summed E-state index contributed by atoms with van der Waals surface area (Å²) in [5, 5.41) is 0.647. The average Bonchev–Trinajstić information content (AvgIpc) is 2.15. The highest BCUT2D eigenvalue weighted by molar-refractivity contribution is 7.99. The fourth-order valence-electron chi connectivity index (χ4n) is 1.44. The van der Waals surface area contributed by atoms with Gasteiger partial charge in [-0.1, -0.05) is 0 Å². The zero-order valence-electron chi connectivity index (χ0n) is 9.12. The Labute approximate surface area is 94.4 Å². The molecule has 2 rings (SSSR count). The minimum absolute atomic E-state index is 0.647. The molecule has 2 heterocycles. The van der Waals surface area contributed by atoms with Crippen LogP contribution in [0.1, 0.15) is 16.8 Å². The van der Waals surface area contributed by atoms with Gasteiger partial charge in [0.25, 0.3) is 0 Å². The van der Waals surface area contributed by atoms with Crippen LogP contribution < -0.4 is 5.73 Å². The Kier molecular flexibility index (Phi) is 3.17. The quantitative estimate of drug-likeness (QED) is 0.852. The lowest BCUT2D eigenvalue weighted by atomic mass is 10.1. The van der Waals surface area contributed by atoms with Gasteiger partial charge in [-0.25, -0.2) is 0 Å². The fourth-order valence-corrected chi connectivity index (χ4v) is 2.51. The summed E-state index contributed by atoms with van der Waals surface area (Å²) in [7, 11) is 0. The van der Waals surface area contributed by atoms with Crippen LogP contribution in [-0.2, 0) is 10.5 Å². The van der Waals surface area contributed by atoms with Gasteiger partial charge in [-0.2, -0.15) is 0 Å². The molecule has 1 aromatic rings. The molecule has 0 aliphatic carbocycles. The van der Waals surface area contributed by atoms with Crippen LogP contribution in [0.15, 0.2) is 6.20 Å². The number of hydrogen-bond acceptors (Lipinski definition) is 4. The lowest BCUT2D eigenvalue weighted by Gasteiger charge is -2.25. The fraction of sp³-hybridized carbons (Fsp3) is 0.545. The van der Waals surface area contributed by atoms with Gasteiger partial charge >= 0.3 is 0 Å². The van der Waals surface area contributed by atoms with E-state index in [9.17, 15) is 0 Å². The number of rotatable bonds is 3. The Morgan fingerprint density at radius 3 is 2.87 bits per heavy atom. The molecule has 0 radical (unpaired) electrons. The highest BCUT2D eigenvalue weighted by Crippen LogP contribution is 2.26. The van der Waals surface area contributed by atoms with Gasteiger partial charge in [0.1, 0.15) is 0 Å². The van der Waals surface area contributed by atoms with Crippen molar-refractivity contribution in [3.8, 4) is 0 Å². The molecule has 0 saturated carbocycles. The topological polar surface area (TPSA) is 48.1 Å². The molecule has 82 valence electrons. The van der Waals surface area contributed by atoms with Gasteiger partial charge in [-0.05, 0) is 25.0 Å². The van der Waals surface area contributed by atoms with E-state index in [2.05, 4.69) is 4.98 Å². The van der Waals surface area contributed by atoms with Gasteiger partial charge in [-0.3, -0.25) is 4.98 Å². The zero-order chi connectivity index (χ0) is 10.8. The zero-order valence-corrected chi connectivity index (χ0v) is 9.93. The SMILES string of the molecule is Cc1cnc(CSC2COC2)c(C)c1N. The van der Waals surface area contributed by atoms with Crippen LogP contribution in [0, 0.1) is 13.8 Å². The summed E-state index contributed by atoms with van der Waals surface area (Å²) in [5.41, 5.74) is 10.1. The van der Waals surface area contributed by atoms with Crippen molar-refractivity contribution >= 4 is 17.4 Å². The predicted octanol–water partition coefficient (Wildman–Crippen LogP) is 1.91. The number of hydrogen-bond donors (Lipinski definition) is 1. The molecule has 0 amide bonds. The molecule has 3 nitrogen and oxygen atoms in total. The van der Waals surface area contributed by atoms with Crippen molar-refractivity contribution in [2.24, 2.45) is 0 Å². The second-order valence-electron chi connectivity index (χ2n) is 3.90. The number of aryl methyl sites for hydroxylation is 1. The van der Waals surface area contributed by atoms with Crippen molar-refractivity contribution in [1.82, 2.24) is 4.98 Å². The van der Waals surface area contributed by atoms with E-state index in [4.69, 9.17) is 10.5 Å². The van der Waals surface area contributed by atoms with Gasteiger partial charge in [0.2, 0.25) is 0 Å². The molecule has 0 spiro atoms. The van der Waals surface area contributed by atoms with Crippen molar-refractivity contribution in [1.29, 1.82) is 0 Å². The minimum atomic E-state index is 0.647. The van der Waals surface area contributed by atoms with Crippen molar-refractivity contribution in [2.75, 3.05) is 18.9 Å². The summed E-state index contributed by atoms with van der Waals surface area (Å²) < 4.78 is 5.13. The third kappa shape index (κ3) is 2.26. The Morgan fingerprint density at radius 1 is 1.53 bits per heavy atom. The van der Waals surface area contributed by atoms with Crippen LogP contribution in [0.25, 0.3) is 0 Å². The Bertz CT molecular complexity index is 364. The van der Waals surface area contributed by atoms with Crippen LogP contribution in [0.4, 0.5) is 5.69 Å². The van der Waals surface area contributed by atoms with Crippen LogP contribution in [0.5, 0.6) is 0 Å². The summed E-state index contributed by atoms with van der Waals surface area (Å²) in [5.74, 6) is 0.935. The van der Waals surface area contributed by atoms with E-state index in [-0.39, 0.29) is 0 Å². The first-order chi connectivity index (χ1) is 7.18. The minimum Gasteiger partial charge on any atom is -0.398 e. The average molecular weight is 224 g/mol. The van der Waals surface area contributed by atoms with E-state index in [0.29, 0.717) is 5.25 Å². The largest absolute Gasteiger partial charge is 0.398 e. The standard InChI is InChI=1S/C11H16N2OS/c1-7-3-13-10(8(2)11(7)12)6-15-9-4-14-5-9/h3,9H,4-6H2,1-2H3,(H2,12,13). The second kappa shape index (κ2) is 4.41. The highest BCUT2D eigenvalue weighted by atomic mass is 32.2. The van der Waals surface area contributed by atoms with Crippen molar-refractivity contribution in [3.05, 3.63) is 23.0 Å². The van der Waals surface area contributed by atoms with Gasteiger partial charge in [0.05, 0.1) is 24.2 Å². The molecule has 1 aliphatic heterocycles. The maximum atomic E-state index is 5.96. The monoisotopic (exact) mass is 224 g/mol. The number of thioether (sulfide) groups is 1. The first kappa shape index (κ1) is 10.8. The summed E-state index contributed by atoms with van der Waals surface area (Å²) >= 11 is 1.90. The molecule has 15 heavy (non-hydrogen) atoms. The van der Waals surface area contributed by atoms with Crippen molar-refractivity contribution < 1.29 is 4.74 Å². The molecule has 0 aromatic carbocycles. The van der Waals surface area contributed by atoms with E-state index < -0.39 is 0 Å². The lowest BCUT2D eigenvalue weighted by Crippen LogP contribution is -2.30. The molecule has 1 aromatic heterocycles. The van der Waals surface area contributed by atoms with E-state index >= 15 is 0 Å². The number of nitrogens with two attached hydrogens (primary N) is 1. The third-order valence-corrected chi connectivity index (χ3v) is 3.92. The molecule has 1 saturated heterocycles. The predicted molar refractivity (Wildman–Crippen MR) is 64.0 cm³/mol. The molecular formula is C11H16N2OS. The van der Waals surface area contributed by atoms with E-state index in [1.54, 1.807) is 0 Å². The van der Waals surface area contributed by atoms with E-state index in [0.717, 1.165) is 41.5 Å². The number of aromatic nitrogens is 1. The maximum absolute atomic E-state index is 5.96. The van der Waals surface area contributed by atoms with Gasteiger partial charge in [0, 0.05) is 17.6 Å². The summed E-state index contributed by atoms with van der Waals surface area (Å²) in [6, 6.07) is 0. The maximum Gasteiger partial charge on any atom is 0.0608 e. The Balaban J connectivity index is 2.04. The summed E-state index contributed by atoms with van der Waals surface area (Å²) in [6.45, 7) is 5.80. The number of nitrogen functional groups attached to an aromatic ring is 1. The lowest BCUT2D eigenvalue weighted by molar-refractivity contribution is 0.0455. The molecule has 1 aliphatic rings. The summed E-state index contributed by atoms with van der Waals surface area (Å²) in [6.07, 6.45) is 1.86. The highest BCUT2D eigenvalue weighted by Gasteiger charge is 2.19. The van der Waals surface area contributed by atoms with Crippen molar-refractivity contribution in [2.45, 2.75) is 24.9 Å². The second-order valence-corrected chi connectivity index (χ2v) is 5.19. The van der Waals surface area contributed by atoms with Gasteiger partial charge < -0.3 is 10.5 Å². The van der Waals surface area contributed by atoms with E-state index in [1.165, 1.54) is 0 Å². The van der Waals surface area contributed by atoms with Crippen LogP contribution in [-0.4, -0.2) is 23.4 Å². The number of nitrogens with zero attached hydrogens (tertiary/aromatic N) is 1. The smallest absolute Gasteiger partial charge is 0.0608 e. The Morgan fingerprint density at radius 2 is 2.27 bits per heavy atom. The molecule has 0 bridgehead atoms. The molecular weight excluding hydrogens is 208 g/mol. The molecule has 4 heteroatoms. The number of pyridine rings is 1. The van der Waals surface area contributed by atoms with Gasteiger partial charge in [0.15, 0.2) is 0 Å². The normalized spacial score (nSPS) is 16.4. The first-order valence-electron chi connectivity index (χ1n) is 5.08. The molecule has 2 N–H and O–H groups in total. The van der Waals surface area contributed by atoms with Crippen LogP contribution in [0.2, 0.25) is 0 Å². The van der Waals surface area contributed by atoms with Crippen LogP contribution in [0.3, 0.4) is 0 Å². The molecule has 1 fully saturated rings. The van der Waals surface area contributed by atoms with Gasteiger partial charge in [-0.15, -0.1) is 11.8 Å². The summed E-state index contributed by atoms with van der Waals surface area (Å²) in [4.78, 5) is 4.43. The first-order valence-corrected chi connectivity index (χ1v) is 6.13. The number of anilines is 1. The Hall–Kier alpha value is -0.740. The molecule has 0 unspecified atom stereocenters. The number of ether oxygens (including phenoxy) is 1. The molecule has 0 atom stereocenters. The van der Waals surface area contributed by atoms with Crippen molar-refractivity contribution in [3.63, 3.8) is 0 Å². The van der Waals surface area contributed by atoms with E-state index in [1.807, 2.05) is 31.8 Å². The third-order valence-electron chi connectivity index (χ3n) is 2.74. The van der Waals surface area contributed by atoms with Crippen LogP contribution >= 0.6 is 11.8 Å².